The smallest absolute Gasteiger partial charge is 0.0333 e. The molecule has 2 heterocycles. The minimum absolute atomic E-state index is 0.243. The van der Waals surface area contributed by atoms with E-state index in [1.165, 1.54) is 25.7 Å². The maximum atomic E-state index is 5.94. The molecule has 2 saturated heterocycles. The zero-order valence-electron chi connectivity index (χ0n) is 9.42. The first kappa shape index (κ1) is 10.4. The van der Waals surface area contributed by atoms with E-state index in [1.54, 1.807) is 0 Å². The van der Waals surface area contributed by atoms with Gasteiger partial charge in [-0.25, -0.2) is 0 Å². The Balaban J connectivity index is 2.09. The second-order valence-corrected chi connectivity index (χ2v) is 4.97. The van der Waals surface area contributed by atoms with Crippen molar-refractivity contribution in [1.29, 1.82) is 0 Å². The summed E-state index contributed by atoms with van der Waals surface area (Å²) in [6, 6.07) is 1.55. The number of fused-ring (bicyclic) bond motifs is 2. The van der Waals surface area contributed by atoms with Crippen molar-refractivity contribution in [3.05, 3.63) is 0 Å². The van der Waals surface area contributed by atoms with Crippen molar-refractivity contribution in [2.24, 2.45) is 5.73 Å². The van der Waals surface area contributed by atoms with Gasteiger partial charge in [0.25, 0.3) is 0 Å². The Hall–Kier alpha value is -0.120. The number of likely N-dealkylation sites (N-methyl/N-ethyl adjacent to an activating group) is 1. The minimum Gasteiger partial charge on any atom is -0.329 e. The third-order valence-electron chi connectivity index (χ3n) is 4.18. The second-order valence-electron chi connectivity index (χ2n) is 4.97. The zero-order valence-corrected chi connectivity index (χ0v) is 9.42. The van der Waals surface area contributed by atoms with Gasteiger partial charge in [-0.2, -0.15) is 0 Å². The maximum Gasteiger partial charge on any atom is 0.0333 e. The monoisotopic (exact) mass is 197 g/mol. The summed E-state index contributed by atoms with van der Waals surface area (Å²) in [4.78, 5) is 2.56. The Labute approximate surface area is 87.0 Å². The van der Waals surface area contributed by atoms with Gasteiger partial charge in [0.1, 0.15) is 0 Å². The number of nitrogens with one attached hydrogen (secondary N) is 1. The molecule has 0 aromatic rings. The fourth-order valence-electron chi connectivity index (χ4n) is 3.33. The van der Waals surface area contributed by atoms with E-state index in [1.807, 2.05) is 0 Å². The maximum absolute atomic E-state index is 5.94. The number of rotatable bonds is 3. The van der Waals surface area contributed by atoms with Crippen LogP contribution in [-0.4, -0.2) is 42.7 Å². The van der Waals surface area contributed by atoms with E-state index in [0.717, 1.165) is 25.2 Å². The fraction of sp³-hybridized carbons (Fsp3) is 1.00. The molecule has 0 spiro atoms. The number of hydrogen-bond acceptors (Lipinski definition) is 3. The van der Waals surface area contributed by atoms with E-state index in [0.29, 0.717) is 0 Å². The summed E-state index contributed by atoms with van der Waals surface area (Å²) in [5, 5.41) is 3.62. The predicted molar refractivity (Wildman–Crippen MR) is 59.3 cm³/mol. The van der Waals surface area contributed by atoms with Crippen LogP contribution in [-0.2, 0) is 0 Å². The summed E-state index contributed by atoms with van der Waals surface area (Å²) >= 11 is 0. The highest BCUT2D eigenvalue weighted by molar-refractivity contribution is 5.05. The Morgan fingerprint density at radius 3 is 2.36 bits per heavy atom. The largest absolute Gasteiger partial charge is 0.329 e. The van der Waals surface area contributed by atoms with Crippen molar-refractivity contribution in [2.75, 3.05) is 20.1 Å². The van der Waals surface area contributed by atoms with E-state index in [9.17, 15) is 0 Å². The van der Waals surface area contributed by atoms with Gasteiger partial charge in [0.15, 0.2) is 0 Å². The number of piperidine rings is 1. The van der Waals surface area contributed by atoms with Crippen LogP contribution >= 0.6 is 0 Å². The lowest BCUT2D eigenvalue weighted by Crippen LogP contribution is -2.60. The third kappa shape index (κ3) is 1.58. The van der Waals surface area contributed by atoms with E-state index >= 15 is 0 Å². The molecule has 3 heteroatoms. The molecule has 0 aliphatic carbocycles. The summed E-state index contributed by atoms with van der Waals surface area (Å²) < 4.78 is 0. The van der Waals surface area contributed by atoms with Gasteiger partial charge in [-0.3, -0.25) is 0 Å². The zero-order chi connectivity index (χ0) is 10.2. The summed E-state index contributed by atoms with van der Waals surface area (Å²) in [7, 11) is 2.27. The van der Waals surface area contributed by atoms with Crippen molar-refractivity contribution in [2.45, 2.75) is 50.2 Å². The first-order valence-corrected chi connectivity index (χ1v) is 5.88. The summed E-state index contributed by atoms with van der Waals surface area (Å²) in [5.74, 6) is 0. The van der Waals surface area contributed by atoms with Crippen molar-refractivity contribution in [1.82, 2.24) is 10.2 Å². The minimum atomic E-state index is 0.243. The molecule has 2 rings (SSSR count). The van der Waals surface area contributed by atoms with Gasteiger partial charge in [-0.05, 0) is 39.3 Å². The van der Waals surface area contributed by atoms with E-state index in [2.05, 4.69) is 24.2 Å². The van der Waals surface area contributed by atoms with Crippen molar-refractivity contribution >= 4 is 0 Å². The molecule has 2 fully saturated rings. The SMILES string of the molecule is CCNC1(CN)CC2CCC(C1)N2C. The van der Waals surface area contributed by atoms with E-state index in [-0.39, 0.29) is 5.54 Å². The molecule has 3 N–H and O–H groups in total. The highest BCUT2D eigenvalue weighted by Gasteiger charge is 2.45. The quantitative estimate of drug-likeness (QED) is 0.694. The fourth-order valence-corrected chi connectivity index (χ4v) is 3.33. The topological polar surface area (TPSA) is 41.3 Å². The first-order valence-electron chi connectivity index (χ1n) is 5.88. The number of nitrogens with zero attached hydrogens (tertiary/aromatic N) is 1. The lowest BCUT2D eigenvalue weighted by atomic mass is 9.83. The summed E-state index contributed by atoms with van der Waals surface area (Å²) in [6.07, 6.45) is 5.22. The predicted octanol–water partition coefficient (Wildman–Crippen LogP) is 0.550. The van der Waals surface area contributed by atoms with Gasteiger partial charge in [0.05, 0.1) is 0 Å². The van der Waals surface area contributed by atoms with Gasteiger partial charge in [-0.1, -0.05) is 6.92 Å². The van der Waals surface area contributed by atoms with Gasteiger partial charge >= 0.3 is 0 Å². The number of nitrogens with two attached hydrogens (primary N) is 1. The van der Waals surface area contributed by atoms with Crippen LogP contribution in [0, 0.1) is 0 Å². The molecule has 14 heavy (non-hydrogen) atoms. The first-order chi connectivity index (χ1) is 6.71. The van der Waals surface area contributed by atoms with Crippen LogP contribution in [0.15, 0.2) is 0 Å². The summed E-state index contributed by atoms with van der Waals surface area (Å²) in [5.41, 5.74) is 6.18. The third-order valence-corrected chi connectivity index (χ3v) is 4.18. The molecule has 0 aromatic carbocycles. The second kappa shape index (κ2) is 3.80. The van der Waals surface area contributed by atoms with Crippen LogP contribution in [0.3, 0.4) is 0 Å². The van der Waals surface area contributed by atoms with Crippen LogP contribution in [0.4, 0.5) is 0 Å². The van der Waals surface area contributed by atoms with Gasteiger partial charge in [-0.15, -0.1) is 0 Å². The van der Waals surface area contributed by atoms with Crippen LogP contribution in [0.2, 0.25) is 0 Å². The Morgan fingerprint density at radius 1 is 1.36 bits per heavy atom. The van der Waals surface area contributed by atoms with Crippen LogP contribution in [0.25, 0.3) is 0 Å². The molecular weight excluding hydrogens is 174 g/mol. The molecule has 2 atom stereocenters. The molecule has 3 nitrogen and oxygen atoms in total. The van der Waals surface area contributed by atoms with Crippen molar-refractivity contribution in [3.8, 4) is 0 Å². The van der Waals surface area contributed by atoms with E-state index < -0.39 is 0 Å². The summed E-state index contributed by atoms with van der Waals surface area (Å²) in [6.45, 7) is 4.01. The van der Waals surface area contributed by atoms with Gasteiger partial charge < -0.3 is 16.0 Å². The average Bonchev–Trinajstić information content (AvgIpc) is 2.42. The molecule has 2 aliphatic rings. The van der Waals surface area contributed by atoms with Gasteiger partial charge in [0, 0.05) is 24.2 Å². The Bertz CT molecular complexity index is 191. The van der Waals surface area contributed by atoms with E-state index in [4.69, 9.17) is 5.73 Å². The molecule has 0 radical (unpaired) electrons. The molecule has 2 unspecified atom stereocenters. The average molecular weight is 197 g/mol. The van der Waals surface area contributed by atoms with Crippen molar-refractivity contribution in [3.63, 3.8) is 0 Å². The molecule has 0 aromatic heterocycles. The molecular formula is C11H23N3. The molecule has 82 valence electrons. The molecule has 0 saturated carbocycles. The Kier molecular flexibility index (Phi) is 2.82. The molecule has 2 aliphatic heterocycles. The molecule has 0 amide bonds. The van der Waals surface area contributed by atoms with Gasteiger partial charge in [0.2, 0.25) is 0 Å². The van der Waals surface area contributed by atoms with Crippen LogP contribution in [0.5, 0.6) is 0 Å². The lowest BCUT2D eigenvalue weighted by molar-refractivity contribution is 0.0958. The lowest BCUT2D eigenvalue weighted by Gasteiger charge is -2.45. The standard InChI is InChI=1S/C11H23N3/c1-3-13-11(8-12)6-9-4-5-10(7-11)14(9)2/h9-10,13H,3-8,12H2,1-2H3. The van der Waals surface area contributed by atoms with Crippen molar-refractivity contribution < 1.29 is 0 Å². The van der Waals surface area contributed by atoms with Crippen LogP contribution in [0.1, 0.15) is 32.6 Å². The highest BCUT2D eigenvalue weighted by Crippen LogP contribution is 2.39. The highest BCUT2D eigenvalue weighted by atomic mass is 15.2. The molecule has 2 bridgehead atoms. The number of hydrogen-bond donors (Lipinski definition) is 2. The Morgan fingerprint density at radius 2 is 1.93 bits per heavy atom. The van der Waals surface area contributed by atoms with Crippen LogP contribution < -0.4 is 11.1 Å². The normalized spacial score (nSPS) is 43.1.